The van der Waals surface area contributed by atoms with Gasteiger partial charge in [-0.2, -0.15) is 0 Å². The van der Waals surface area contributed by atoms with Crippen LogP contribution in [0.15, 0.2) is 42.9 Å². The fourth-order valence-electron chi connectivity index (χ4n) is 8.75. The number of nitrogens with one attached hydrogen (secondary N) is 2. The molecule has 9 heterocycles. The number of rotatable bonds is 3. The Balaban J connectivity index is 0.000000176. The van der Waals surface area contributed by atoms with Crippen LogP contribution in [0.25, 0.3) is 0 Å². The summed E-state index contributed by atoms with van der Waals surface area (Å²) in [6, 6.07) is 10.4. The van der Waals surface area contributed by atoms with Gasteiger partial charge >= 0.3 is 18.2 Å². The van der Waals surface area contributed by atoms with Crippen LogP contribution in [-0.4, -0.2) is 150 Å². The Hall–Kier alpha value is -5.81. The summed E-state index contributed by atoms with van der Waals surface area (Å²) in [6.07, 6.45) is 6.30. The minimum atomic E-state index is -0.520. The van der Waals surface area contributed by atoms with Crippen molar-refractivity contribution < 1.29 is 23.9 Å². The zero-order valence-corrected chi connectivity index (χ0v) is 36.5. The first kappa shape index (κ1) is 41.9. The molecule has 6 aliphatic heterocycles. The predicted molar refractivity (Wildman–Crippen MR) is 236 cm³/mol. The molecule has 6 aliphatic rings. The quantitative estimate of drug-likeness (QED) is 0.340. The fraction of sp³-hybridized carbons (Fsp3) is 0.605. The molecule has 4 saturated heterocycles. The molecule has 9 rings (SSSR count). The molecule has 4 fully saturated rings. The number of fused-ring (bicyclic) bond motifs is 8. The van der Waals surface area contributed by atoms with Crippen LogP contribution in [0.1, 0.15) is 67.2 Å². The number of carbonyl (C=O) groups excluding carboxylic acids is 3. The highest BCUT2D eigenvalue weighted by atomic mass is 16.6. The Labute approximate surface area is 358 Å². The van der Waals surface area contributed by atoms with Gasteiger partial charge in [0.05, 0.1) is 17.4 Å². The van der Waals surface area contributed by atoms with E-state index in [1.807, 2.05) is 52.5 Å². The molecule has 3 aromatic heterocycles. The second-order valence-corrected chi connectivity index (χ2v) is 18.5. The number of carbonyl (C=O) groups is 3. The molecule has 61 heavy (non-hydrogen) atoms. The average molecular weight is 840 g/mol. The molecule has 2 N–H and O–H groups in total. The molecule has 0 spiro atoms. The molecular formula is C43H61N13O5. The van der Waals surface area contributed by atoms with Crippen molar-refractivity contribution in [2.24, 2.45) is 0 Å². The smallest absolute Gasteiger partial charge is 0.410 e. The van der Waals surface area contributed by atoms with Gasteiger partial charge in [0.1, 0.15) is 35.0 Å². The maximum absolute atomic E-state index is 13.3. The lowest BCUT2D eigenvalue weighted by Crippen LogP contribution is -2.48. The maximum atomic E-state index is 13.3. The van der Waals surface area contributed by atoms with Crippen LogP contribution in [0.4, 0.5) is 54.8 Å². The number of pyridine rings is 2. The number of amides is 4. The molecule has 4 amide bonds. The van der Waals surface area contributed by atoms with Crippen LogP contribution in [0.2, 0.25) is 0 Å². The molecule has 0 aromatic carbocycles. The lowest BCUT2D eigenvalue weighted by atomic mass is 10.2. The second-order valence-electron chi connectivity index (χ2n) is 18.5. The molecule has 0 unspecified atom stereocenters. The van der Waals surface area contributed by atoms with Gasteiger partial charge in [0.2, 0.25) is 0 Å². The van der Waals surface area contributed by atoms with E-state index in [0.717, 1.165) is 94.8 Å². The topological polar surface area (TPSA) is 168 Å². The summed E-state index contributed by atoms with van der Waals surface area (Å²) in [4.78, 5) is 70.6. The van der Waals surface area contributed by atoms with Gasteiger partial charge in [-0.05, 0) is 97.6 Å². The predicted octanol–water partition coefficient (Wildman–Crippen LogP) is 5.48. The van der Waals surface area contributed by atoms with Gasteiger partial charge < -0.3 is 44.2 Å². The van der Waals surface area contributed by atoms with E-state index in [9.17, 15) is 14.4 Å². The molecule has 328 valence electrons. The van der Waals surface area contributed by atoms with Crippen LogP contribution < -0.4 is 35.1 Å². The minimum absolute atomic E-state index is 0.0545. The zero-order valence-electron chi connectivity index (χ0n) is 36.5. The van der Waals surface area contributed by atoms with Gasteiger partial charge in [0, 0.05) is 90.8 Å². The highest BCUT2D eigenvalue weighted by molar-refractivity contribution is 6.04. The highest BCUT2D eigenvalue weighted by Gasteiger charge is 2.41. The third kappa shape index (κ3) is 9.89. The van der Waals surface area contributed by atoms with E-state index in [0.29, 0.717) is 43.9 Å². The SMILES string of the molecule is CC(C)(C)OC(=O)N1CCCN(c2ccc3c(n2)N(C(=O)Nc2ccncn2)[C@H]2CCN3C2)CC1.CC(C)(C)OC(=O)N1CCCN(c2ccc3c(n2)N[C@H]2CCN3C2)CC1. The number of anilines is 7. The molecule has 2 atom stereocenters. The zero-order chi connectivity index (χ0) is 42.9. The van der Waals surface area contributed by atoms with Crippen LogP contribution in [0.5, 0.6) is 0 Å². The number of ether oxygens (including phenoxy) is 2. The highest BCUT2D eigenvalue weighted by Crippen LogP contribution is 2.40. The average Bonchev–Trinajstić information content (AvgIpc) is 3.58. The number of hydrogen-bond donors (Lipinski definition) is 2. The maximum Gasteiger partial charge on any atom is 0.410 e. The van der Waals surface area contributed by atoms with E-state index >= 15 is 0 Å². The van der Waals surface area contributed by atoms with E-state index in [1.165, 1.54) is 18.4 Å². The van der Waals surface area contributed by atoms with E-state index in [-0.39, 0.29) is 24.3 Å². The summed E-state index contributed by atoms with van der Waals surface area (Å²) >= 11 is 0. The van der Waals surface area contributed by atoms with Crippen molar-refractivity contribution in [3.8, 4) is 0 Å². The van der Waals surface area contributed by atoms with Crippen LogP contribution in [0, 0.1) is 0 Å². The number of aromatic nitrogens is 4. The van der Waals surface area contributed by atoms with Crippen molar-refractivity contribution in [1.82, 2.24) is 29.7 Å². The second kappa shape index (κ2) is 17.3. The normalized spacial score (nSPS) is 21.0. The first-order valence-electron chi connectivity index (χ1n) is 21.8. The van der Waals surface area contributed by atoms with Crippen LogP contribution >= 0.6 is 0 Å². The fourth-order valence-corrected chi connectivity index (χ4v) is 8.75. The van der Waals surface area contributed by atoms with Gasteiger partial charge in [-0.25, -0.2) is 34.3 Å². The van der Waals surface area contributed by atoms with Gasteiger partial charge in [-0.1, -0.05) is 0 Å². The molecule has 18 heteroatoms. The third-order valence-corrected chi connectivity index (χ3v) is 11.6. The molecule has 3 aromatic rings. The van der Waals surface area contributed by atoms with Gasteiger partial charge in [0.25, 0.3) is 0 Å². The molecular weight excluding hydrogens is 779 g/mol. The summed E-state index contributed by atoms with van der Waals surface area (Å²) in [5.41, 5.74) is 1.20. The molecule has 18 nitrogen and oxygen atoms in total. The lowest BCUT2D eigenvalue weighted by Gasteiger charge is -2.36. The standard InChI is InChI=1S/C24H32N8O3.C19H29N5O2/c1-24(2,3)35-23(34)30-11-4-10-29(13-14-30)20-6-5-18-21(28-20)32(17-8-12-31(18)15-17)22(33)27-19-7-9-25-16-26-19;1-19(2,3)26-18(25)23-9-4-8-22(11-12-23)16-6-5-15-17(21-16)20-14-7-10-24(15)13-14/h5-7,9,16-17H,4,8,10-15H2,1-3H3,(H,25,26,27,33);5-6,14H,4,7-13H2,1-3H3,(H,20,21)/t17-;14-/m00/s1. The first-order chi connectivity index (χ1) is 29.2. The summed E-state index contributed by atoms with van der Waals surface area (Å²) in [7, 11) is 0. The van der Waals surface area contributed by atoms with Crippen molar-refractivity contribution in [2.45, 2.75) is 90.5 Å². The Morgan fingerprint density at radius 3 is 1.90 bits per heavy atom. The summed E-state index contributed by atoms with van der Waals surface area (Å²) in [5.74, 6) is 3.92. The summed E-state index contributed by atoms with van der Waals surface area (Å²) < 4.78 is 11.1. The van der Waals surface area contributed by atoms with Crippen molar-refractivity contribution in [3.63, 3.8) is 0 Å². The Bertz CT molecular complexity index is 2060. The monoisotopic (exact) mass is 839 g/mol. The van der Waals surface area contributed by atoms with E-state index in [4.69, 9.17) is 19.4 Å². The van der Waals surface area contributed by atoms with Crippen LogP contribution in [-0.2, 0) is 9.47 Å². The first-order valence-corrected chi connectivity index (χ1v) is 21.8. The number of nitrogens with zero attached hydrogens (tertiary/aromatic N) is 11. The largest absolute Gasteiger partial charge is 0.444 e. The van der Waals surface area contributed by atoms with Gasteiger partial charge in [-0.15, -0.1) is 0 Å². The Morgan fingerprint density at radius 2 is 1.28 bits per heavy atom. The molecule has 4 bridgehead atoms. The Kier molecular flexibility index (Phi) is 11.9. The number of urea groups is 1. The van der Waals surface area contributed by atoms with Gasteiger partial charge in [-0.3, -0.25) is 10.2 Å². The third-order valence-electron chi connectivity index (χ3n) is 11.6. The van der Waals surface area contributed by atoms with E-state index in [2.05, 4.69) is 58.4 Å². The van der Waals surface area contributed by atoms with Crippen molar-refractivity contribution >= 4 is 58.7 Å². The lowest BCUT2D eigenvalue weighted by molar-refractivity contribution is 0.0252. The van der Waals surface area contributed by atoms with Crippen molar-refractivity contribution in [3.05, 3.63) is 42.9 Å². The summed E-state index contributed by atoms with van der Waals surface area (Å²) in [5, 5.41) is 6.46. The minimum Gasteiger partial charge on any atom is -0.444 e. The molecule has 0 aliphatic carbocycles. The molecule has 0 saturated carbocycles. The van der Waals surface area contributed by atoms with Crippen molar-refractivity contribution in [2.75, 3.05) is 114 Å². The van der Waals surface area contributed by atoms with Gasteiger partial charge in [0.15, 0.2) is 11.6 Å². The van der Waals surface area contributed by atoms with E-state index < -0.39 is 11.2 Å². The molecule has 0 radical (unpaired) electrons. The van der Waals surface area contributed by atoms with E-state index in [1.54, 1.807) is 22.1 Å². The Morgan fingerprint density at radius 1 is 0.672 bits per heavy atom. The summed E-state index contributed by atoms with van der Waals surface area (Å²) in [6.45, 7) is 20.9. The number of hydrogen-bond acceptors (Lipinski definition) is 14. The van der Waals surface area contributed by atoms with Crippen LogP contribution in [0.3, 0.4) is 0 Å². The van der Waals surface area contributed by atoms with Crippen molar-refractivity contribution in [1.29, 1.82) is 0 Å².